The van der Waals surface area contributed by atoms with E-state index in [-0.39, 0.29) is 6.54 Å². The number of nitrogens with one attached hydrogen (secondary N) is 1. The fourth-order valence-corrected chi connectivity index (χ4v) is 1.80. The molecule has 4 N–H and O–H groups in total. The fraction of sp³-hybridized carbons (Fsp3) is 0.462. The van der Waals surface area contributed by atoms with Gasteiger partial charge in [-0.15, -0.1) is 0 Å². The molecular weight excluding hydrogens is 287 g/mol. The Balaban J connectivity index is 2.73. The summed E-state index contributed by atoms with van der Waals surface area (Å²) >= 11 is 0. The summed E-state index contributed by atoms with van der Waals surface area (Å²) < 4.78 is 37.4. The quantitative estimate of drug-likeness (QED) is 0.695. The van der Waals surface area contributed by atoms with Gasteiger partial charge in [0.2, 0.25) is 5.91 Å². The summed E-state index contributed by atoms with van der Waals surface area (Å²) in [6.45, 7) is -0.626. The van der Waals surface area contributed by atoms with Crippen LogP contribution in [0.4, 0.5) is 24.5 Å². The minimum absolute atomic E-state index is 0.245. The third-order valence-electron chi connectivity index (χ3n) is 2.85. The second kappa shape index (κ2) is 7.28. The van der Waals surface area contributed by atoms with Crippen molar-refractivity contribution in [2.45, 2.75) is 19.1 Å². The Kier molecular flexibility index (Phi) is 5.98. The molecule has 0 saturated heterocycles. The first-order valence-corrected chi connectivity index (χ1v) is 6.31. The van der Waals surface area contributed by atoms with Gasteiger partial charge < -0.3 is 16.2 Å². The highest BCUT2D eigenvalue weighted by Crippen LogP contribution is 2.19. The van der Waals surface area contributed by atoms with E-state index < -0.39 is 31.3 Å². The molecule has 0 aromatic heterocycles. The number of nitrogens with two attached hydrogens (primary N) is 1. The van der Waals surface area contributed by atoms with Crippen LogP contribution in [0.15, 0.2) is 24.3 Å². The summed E-state index contributed by atoms with van der Waals surface area (Å²) in [5.74, 6) is -0.599. The Morgan fingerprint density at radius 2 is 2.14 bits per heavy atom. The summed E-state index contributed by atoms with van der Waals surface area (Å²) in [5, 5.41) is 11.3. The lowest BCUT2D eigenvalue weighted by Gasteiger charge is -2.28. The van der Waals surface area contributed by atoms with Crippen LogP contribution in [0.25, 0.3) is 0 Å². The van der Waals surface area contributed by atoms with Crippen molar-refractivity contribution in [3.05, 3.63) is 24.3 Å². The van der Waals surface area contributed by atoms with Gasteiger partial charge in [-0.25, -0.2) is 0 Å². The number of anilines is 2. The van der Waals surface area contributed by atoms with Crippen molar-refractivity contribution in [1.82, 2.24) is 4.90 Å². The predicted octanol–water partition coefficient (Wildman–Crippen LogP) is 1.45. The monoisotopic (exact) mass is 305 g/mol. The number of alkyl halides is 3. The van der Waals surface area contributed by atoms with Gasteiger partial charge in [0.25, 0.3) is 0 Å². The van der Waals surface area contributed by atoms with Crippen LogP contribution in [0.1, 0.15) is 6.92 Å². The smallest absolute Gasteiger partial charge is 0.399 e. The topological polar surface area (TPSA) is 78.6 Å². The number of benzene rings is 1. The van der Waals surface area contributed by atoms with E-state index in [2.05, 4.69) is 5.32 Å². The molecule has 1 amide bonds. The number of aliphatic hydroxyl groups is 1. The summed E-state index contributed by atoms with van der Waals surface area (Å²) in [6, 6.07) is 5.30. The molecule has 1 atom stereocenters. The maximum absolute atomic E-state index is 12.5. The van der Waals surface area contributed by atoms with Crippen LogP contribution < -0.4 is 11.1 Å². The van der Waals surface area contributed by atoms with Gasteiger partial charge in [0.1, 0.15) is 0 Å². The van der Waals surface area contributed by atoms with Crippen LogP contribution in [0.3, 0.4) is 0 Å². The van der Waals surface area contributed by atoms with Crippen molar-refractivity contribution in [1.29, 1.82) is 0 Å². The van der Waals surface area contributed by atoms with Crippen molar-refractivity contribution in [2.75, 3.05) is 30.7 Å². The fourth-order valence-electron chi connectivity index (χ4n) is 1.80. The summed E-state index contributed by atoms with van der Waals surface area (Å²) in [5.41, 5.74) is 6.40. The normalized spacial score (nSPS) is 13.2. The number of nitrogen functional groups attached to an aromatic ring is 1. The molecule has 0 bridgehead atoms. The molecule has 118 valence electrons. The number of hydrogen-bond acceptors (Lipinski definition) is 4. The van der Waals surface area contributed by atoms with Crippen LogP contribution in [0, 0.1) is 0 Å². The number of aliphatic hydroxyl groups excluding tert-OH is 1. The lowest BCUT2D eigenvalue weighted by atomic mass is 10.2. The summed E-state index contributed by atoms with van der Waals surface area (Å²) in [6.07, 6.45) is -4.44. The van der Waals surface area contributed by atoms with E-state index in [1.165, 1.54) is 13.0 Å². The molecule has 0 spiro atoms. The van der Waals surface area contributed by atoms with Gasteiger partial charge in [-0.2, -0.15) is 13.2 Å². The third kappa shape index (κ3) is 6.01. The second-order valence-corrected chi connectivity index (χ2v) is 4.60. The lowest BCUT2D eigenvalue weighted by Crippen LogP contribution is -2.47. The molecule has 1 aromatic carbocycles. The average molecular weight is 305 g/mol. The van der Waals surface area contributed by atoms with Crippen molar-refractivity contribution in [3.63, 3.8) is 0 Å². The number of nitrogens with zero attached hydrogens (tertiary/aromatic N) is 1. The highest BCUT2D eigenvalue weighted by atomic mass is 19.4. The molecule has 8 heteroatoms. The van der Waals surface area contributed by atoms with E-state index >= 15 is 0 Å². The van der Waals surface area contributed by atoms with E-state index in [9.17, 15) is 18.0 Å². The zero-order valence-electron chi connectivity index (χ0n) is 11.5. The number of rotatable bonds is 6. The summed E-state index contributed by atoms with van der Waals surface area (Å²) in [4.78, 5) is 12.8. The van der Waals surface area contributed by atoms with Crippen molar-refractivity contribution >= 4 is 17.3 Å². The molecule has 1 rings (SSSR count). The number of amides is 1. The van der Waals surface area contributed by atoms with Crippen molar-refractivity contribution < 1.29 is 23.1 Å². The second-order valence-electron chi connectivity index (χ2n) is 4.60. The Morgan fingerprint density at radius 3 is 2.67 bits per heavy atom. The van der Waals surface area contributed by atoms with Gasteiger partial charge in [-0.05, 0) is 25.1 Å². The minimum Gasteiger partial charge on any atom is -0.399 e. The van der Waals surface area contributed by atoms with Crippen LogP contribution in [-0.4, -0.2) is 47.8 Å². The molecule has 1 unspecified atom stereocenters. The molecule has 0 saturated carbocycles. The molecule has 5 nitrogen and oxygen atoms in total. The maximum Gasteiger partial charge on any atom is 0.401 e. The van der Waals surface area contributed by atoms with Crippen LogP contribution in [0.2, 0.25) is 0 Å². The van der Waals surface area contributed by atoms with Crippen molar-refractivity contribution in [2.24, 2.45) is 0 Å². The highest BCUT2D eigenvalue weighted by Gasteiger charge is 2.34. The molecule has 21 heavy (non-hydrogen) atoms. The minimum atomic E-state index is -4.44. The van der Waals surface area contributed by atoms with E-state index in [1.807, 2.05) is 0 Å². The molecule has 0 radical (unpaired) electrons. The van der Waals surface area contributed by atoms with Crippen molar-refractivity contribution in [3.8, 4) is 0 Å². The number of hydrogen-bond donors (Lipinski definition) is 3. The zero-order valence-corrected chi connectivity index (χ0v) is 11.5. The highest BCUT2D eigenvalue weighted by molar-refractivity contribution is 5.94. The Morgan fingerprint density at radius 1 is 1.48 bits per heavy atom. The van der Waals surface area contributed by atoms with Gasteiger partial charge in [0.15, 0.2) is 0 Å². The van der Waals surface area contributed by atoms with E-state index in [0.29, 0.717) is 11.4 Å². The first kappa shape index (κ1) is 17.3. The largest absolute Gasteiger partial charge is 0.401 e. The van der Waals surface area contributed by atoms with Gasteiger partial charge >= 0.3 is 6.18 Å². The summed E-state index contributed by atoms with van der Waals surface area (Å²) in [7, 11) is 0. The molecule has 0 heterocycles. The lowest BCUT2D eigenvalue weighted by molar-refractivity contribution is -0.153. The van der Waals surface area contributed by atoms with E-state index in [1.54, 1.807) is 18.2 Å². The molecule has 1 aromatic rings. The average Bonchev–Trinajstić information content (AvgIpc) is 2.35. The molecule has 0 aliphatic carbocycles. The number of carbonyl (C=O) groups excluding carboxylic acids is 1. The molecular formula is C13H18F3N3O2. The Bertz CT molecular complexity index is 480. The first-order chi connectivity index (χ1) is 9.73. The SMILES string of the molecule is CC(C(=O)Nc1cccc(N)c1)N(CCO)CC(F)(F)F. The molecule has 0 aliphatic heterocycles. The Labute approximate surface area is 120 Å². The van der Waals surface area contributed by atoms with E-state index in [0.717, 1.165) is 4.90 Å². The molecule has 0 aliphatic rings. The Hall–Kier alpha value is -1.80. The van der Waals surface area contributed by atoms with Gasteiger partial charge in [-0.3, -0.25) is 9.69 Å². The maximum atomic E-state index is 12.5. The predicted molar refractivity (Wildman–Crippen MR) is 73.7 cm³/mol. The zero-order chi connectivity index (χ0) is 16.0. The number of halogens is 3. The number of carbonyl (C=O) groups is 1. The van der Waals surface area contributed by atoms with Gasteiger partial charge in [0, 0.05) is 17.9 Å². The van der Waals surface area contributed by atoms with Crippen LogP contribution in [0.5, 0.6) is 0 Å². The van der Waals surface area contributed by atoms with Crippen LogP contribution >= 0.6 is 0 Å². The van der Waals surface area contributed by atoms with Crippen LogP contribution in [-0.2, 0) is 4.79 Å². The van der Waals surface area contributed by atoms with Gasteiger partial charge in [-0.1, -0.05) is 6.07 Å². The van der Waals surface area contributed by atoms with Gasteiger partial charge in [0.05, 0.1) is 19.2 Å². The first-order valence-electron chi connectivity index (χ1n) is 6.31. The third-order valence-corrected chi connectivity index (χ3v) is 2.85. The standard InChI is InChI=1S/C13H18F3N3O2/c1-9(19(5-6-20)8-13(14,15)16)12(21)18-11-4-2-3-10(17)7-11/h2-4,7,9,20H,5-6,8,17H2,1H3,(H,18,21). The molecule has 0 fully saturated rings. The van der Waals surface area contributed by atoms with E-state index in [4.69, 9.17) is 10.8 Å².